The van der Waals surface area contributed by atoms with Crippen molar-refractivity contribution < 1.29 is 19.1 Å². The van der Waals surface area contributed by atoms with Crippen molar-refractivity contribution in [3.63, 3.8) is 0 Å². The van der Waals surface area contributed by atoms with Gasteiger partial charge in [0, 0.05) is 17.4 Å². The largest absolute Gasteiger partial charge is 0.493 e. The Morgan fingerprint density at radius 3 is 2.63 bits per heavy atom. The van der Waals surface area contributed by atoms with Gasteiger partial charge in [-0.1, -0.05) is 23.2 Å². The van der Waals surface area contributed by atoms with Crippen LogP contribution in [0.25, 0.3) is 0 Å². The van der Waals surface area contributed by atoms with Gasteiger partial charge in [-0.25, -0.2) is 10.2 Å². The highest BCUT2D eigenvalue weighted by Crippen LogP contribution is 2.29. The van der Waals surface area contributed by atoms with Crippen molar-refractivity contribution in [2.45, 2.75) is 0 Å². The van der Waals surface area contributed by atoms with Crippen LogP contribution in [-0.2, 0) is 0 Å². The van der Waals surface area contributed by atoms with Gasteiger partial charge in [0.25, 0.3) is 5.91 Å². The van der Waals surface area contributed by atoms with Gasteiger partial charge in [-0.15, -0.1) is 0 Å². The van der Waals surface area contributed by atoms with Gasteiger partial charge in [0.05, 0.1) is 29.5 Å². The molecule has 0 unspecified atom stereocenters. The molecule has 1 N–H and O–H groups in total. The number of nitrogens with one attached hydrogen (secondary N) is 1. The monoisotopic (exact) mass is 443 g/mol. The summed E-state index contributed by atoms with van der Waals surface area (Å²) in [7, 11) is 1.44. The van der Waals surface area contributed by atoms with Crippen molar-refractivity contribution in [1.29, 1.82) is 0 Å². The van der Waals surface area contributed by atoms with Crippen LogP contribution in [0.1, 0.15) is 26.3 Å². The fraction of sp³-hybridized carbons (Fsp3) is 0.0476. The van der Waals surface area contributed by atoms with Crippen LogP contribution in [0.3, 0.4) is 0 Å². The predicted octanol–water partition coefficient (Wildman–Crippen LogP) is 4.38. The summed E-state index contributed by atoms with van der Waals surface area (Å²) in [6, 6.07) is 12.5. The van der Waals surface area contributed by atoms with E-state index >= 15 is 0 Å². The molecule has 1 heterocycles. The SMILES string of the molecule is COc1cc(/C=N\NC(=O)c2cccnc2)ccc1OC(=O)c1ccc(Cl)cc1Cl. The fourth-order valence-electron chi connectivity index (χ4n) is 2.39. The van der Waals surface area contributed by atoms with Gasteiger partial charge in [0.2, 0.25) is 0 Å². The summed E-state index contributed by atoms with van der Waals surface area (Å²) in [5.41, 5.74) is 3.57. The molecule has 0 saturated heterocycles. The van der Waals surface area contributed by atoms with E-state index in [1.54, 1.807) is 42.6 Å². The van der Waals surface area contributed by atoms with Crippen LogP contribution in [0, 0.1) is 0 Å². The number of amides is 1. The second kappa shape index (κ2) is 9.87. The van der Waals surface area contributed by atoms with Gasteiger partial charge in [0.1, 0.15) is 0 Å². The standard InChI is InChI=1S/C21H15Cl2N3O4/c1-29-19-9-13(11-25-26-20(27)14-3-2-8-24-12-14)4-7-18(19)30-21(28)16-6-5-15(22)10-17(16)23/h2-12H,1H3,(H,26,27)/b25-11-. The Balaban J connectivity index is 1.70. The molecule has 0 aliphatic rings. The normalized spacial score (nSPS) is 10.6. The van der Waals surface area contributed by atoms with E-state index < -0.39 is 11.9 Å². The van der Waals surface area contributed by atoms with E-state index in [-0.39, 0.29) is 16.3 Å². The molecule has 1 aromatic heterocycles. The first-order valence-electron chi connectivity index (χ1n) is 8.56. The number of carbonyl (C=O) groups is 2. The lowest BCUT2D eigenvalue weighted by molar-refractivity contribution is 0.0729. The Bertz CT molecular complexity index is 1100. The van der Waals surface area contributed by atoms with Crippen molar-refractivity contribution in [2.24, 2.45) is 5.10 Å². The molecule has 0 radical (unpaired) electrons. The maximum absolute atomic E-state index is 12.4. The maximum atomic E-state index is 12.4. The van der Waals surface area contributed by atoms with E-state index in [1.165, 1.54) is 31.7 Å². The second-order valence-corrected chi connectivity index (χ2v) is 6.71. The molecule has 2 aromatic carbocycles. The Morgan fingerprint density at radius 2 is 1.93 bits per heavy atom. The zero-order chi connectivity index (χ0) is 21.5. The van der Waals surface area contributed by atoms with Crippen LogP contribution in [0.2, 0.25) is 10.0 Å². The van der Waals surface area contributed by atoms with Crippen LogP contribution in [0.15, 0.2) is 66.0 Å². The van der Waals surface area contributed by atoms with E-state index in [0.717, 1.165) is 0 Å². The van der Waals surface area contributed by atoms with E-state index in [2.05, 4.69) is 15.5 Å². The summed E-state index contributed by atoms with van der Waals surface area (Å²) >= 11 is 11.9. The lowest BCUT2D eigenvalue weighted by Gasteiger charge is -2.10. The van der Waals surface area contributed by atoms with E-state index in [1.807, 2.05) is 0 Å². The van der Waals surface area contributed by atoms with E-state index in [0.29, 0.717) is 21.9 Å². The van der Waals surface area contributed by atoms with Gasteiger partial charge < -0.3 is 9.47 Å². The van der Waals surface area contributed by atoms with Crippen molar-refractivity contribution in [1.82, 2.24) is 10.4 Å². The number of esters is 1. The number of halogens is 2. The molecule has 0 bridgehead atoms. The number of methoxy groups -OCH3 is 1. The fourth-order valence-corrected chi connectivity index (χ4v) is 2.87. The Kier molecular flexibility index (Phi) is 7.00. The Labute approximate surface area is 182 Å². The number of benzene rings is 2. The van der Waals surface area contributed by atoms with Gasteiger partial charge in [-0.2, -0.15) is 5.10 Å². The van der Waals surface area contributed by atoms with E-state index in [4.69, 9.17) is 32.7 Å². The number of aromatic nitrogens is 1. The third-order valence-electron chi connectivity index (χ3n) is 3.84. The summed E-state index contributed by atoms with van der Waals surface area (Å²) in [5, 5.41) is 4.50. The first-order valence-corrected chi connectivity index (χ1v) is 9.32. The first kappa shape index (κ1) is 21.3. The quantitative estimate of drug-likeness (QED) is 0.264. The van der Waals surface area contributed by atoms with Gasteiger partial charge in [-0.05, 0) is 54.1 Å². The number of carbonyl (C=O) groups excluding carboxylic acids is 2. The molecule has 0 aliphatic carbocycles. The van der Waals surface area contributed by atoms with Crippen LogP contribution in [-0.4, -0.2) is 30.2 Å². The number of nitrogens with zero attached hydrogens (tertiary/aromatic N) is 2. The van der Waals surface area contributed by atoms with Gasteiger partial charge >= 0.3 is 5.97 Å². The Morgan fingerprint density at radius 1 is 1.10 bits per heavy atom. The van der Waals surface area contributed by atoms with Crippen molar-refractivity contribution >= 4 is 41.3 Å². The highest BCUT2D eigenvalue weighted by Gasteiger charge is 2.16. The minimum absolute atomic E-state index is 0.173. The molecular formula is C21H15Cl2N3O4. The molecule has 0 fully saturated rings. The predicted molar refractivity (Wildman–Crippen MR) is 114 cm³/mol. The zero-order valence-corrected chi connectivity index (χ0v) is 17.1. The smallest absolute Gasteiger partial charge is 0.345 e. The van der Waals surface area contributed by atoms with Crippen molar-refractivity contribution in [3.05, 3.63) is 87.7 Å². The van der Waals surface area contributed by atoms with Gasteiger partial charge in [-0.3, -0.25) is 9.78 Å². The molecule has 30 heavy (non-hydrogen) atoms. The third-order valence-corrected chi connectivity index (χ3v) is 4.39. The summed E-state index contributed by atoms with van der Waals surface area (Å²) in [5.74, 6) is -0.544. The minimum Gasteiger partial charge on any atom is -0.493 e. The average molecular weight is 444 g/mol. The summed E-state index contributed by atoms with van der Waals surface area (Å²) in [4.78, 5) is 28.2. The molecule has 0 aliphatic heterocycles. The molecular weight excluding hydrogens is 429 g/mol. The molecule has 152 valence electrons. The van der Waals surface area contributed by atoms with Crippen LogP contribution < -0.4 is 14.9 Å². The number of hydrogen-bond acceptors (Lipinski definition) is 6. The molecule has 9 heteroatoms. The molecule has 1 amide bonds. The third kappa shape index (κ3) is 5.34. The molecule has 3 rings (SSSR count). The minimum atomic E-state index is -0.653. The molecule has 0 spiro atoms. The number of ether oxygens (including phenoxy) is 2. The molecule has 0 saturated carbocycles. The molecule has 7 nitrogen and oxygen atoms in total. The average Bonchev–Trinajstić information content (AvgIpc) is 2.75. The Hall–Kier alpha value is -3.42. The van der Waals surface area contributed by atoms with Crippen LogP contribution >= 0.6 is 23.2 Å². The maximum Gasteiger partial charge on any atom is 0.345 e. The number of pyridine rings is 1. The topological polar surface area (TPSA) is 89.9 Å². The summed E-state index contributed by atoms with van der Waals surface area (Å²) in [6.45, 7) is 0. The van der Waals surface area contributed by atoms with E-state index in [9.17, 15) is 9.59 Å². The summed E-state index contributed by atoms with van der Waals surface area (Å²) in [6.07, 6.45) is 4.43. The van der Waals surface area contributed by atoms with Crippen LogP contribution in [0.4, 0.5) is 0 Å². The molecule has 3 aromatic rings. The highest BCUT2D eigenvalue weighted by atomic mass is 35.5. The second-order valence-electron chi connectivity index (χ2n) is 5.86. The first-order chi connectivity index (χ1) is 14.5. The number of hydrazone groups is 1. The number of hydrogen-bond donors (Lipinski definition) is 1. The van der Waals surface area contributed by atoms with Crippen LogP contribution in [0.5, 0.6) is 11.5 Å². The van der Waals surface area contributed by atoms with Crippen molar-refractivity contribution in [2.75, 3.05) is 7.11 Å². The summed E-state index contributed by atoms with van der Waals surface area (Å²) < 4.78 is 10.7. The van der Waals surface area contributed by atoms with Crippen molar-refractivity contribution in [3.8, 4) is 11.5 Å². The molecule has 0 atom stereocenters. The zero-order valence-electron chi connectivity index (χ0n) is 15.6. The van der Waals surface area contributed by atoms with Gasteiger partial charge in [0.15, 0.2) is 11.5 Å². The lowest BCUT2D eigenvalue weighted by Crippen LogP contribution is -2.17. The highest BCUT2D eigenvalue weighted by molar-refractivity contribution is 6.36. The number of rotatable bonds is 6. The lowest BCUT2D eigenvalue weighted by atomic mass is 10.2.